The predicted molar refractivity (Wildman–Crippen MR) is 125 cm³/mol. The zero-order chi connectivity index (χ0) is 21.2. The fraction of sp³-hybridized carbons (Fsp3) is 0.0800. The molecule has 0 atom stereocenters. The number of amides is 1. The molecule has 5 aromatic rings. The third-order valence-electron chi connectivity index (χ3n) is 5.22. The summed E-state index contributed by atoms with van der Waals surface area (Å²) in [6.45, 7) is 0.481. The molecule has 0 aliphatic rings. The Hall–Kier alpha value is -3.77. The van der Waals surface area contributed by atoms with Crippen molar-refractivity contribution >= 4 is 39.0 Å². The van der Waals surface area contributed by atoms with E-state index in [0.29, 0.717) is 17.3 Å². The molecule has 0 fully saturated rings. The third kappa shape index (κ3) is 3.73. The van der Waals surface area contributed by atoms with E-state index < -0.39 is 0 Å². The van der Waals surface area contributed by atoms with Gasteiger partial charge in [0, 0.05) is 21.7 Å². The van der Waals surface area contributed by atoms with E-state index in [0.717, 1.165) is 27.3 Å². The minimum absolute atomic E-state index is 0.0150. The summed E-state index contributed by atoms with van der Waals surface area (Å²) in [7, 11) is 0. The molecule has 31 heavy (non-hydrogen) atoms. The van der Waals surface area contributed by atoms with Crippen molar-refractivity contribution in [3.8, 4) is 10.6 Å². The van der Waals surface area contributed by atoms with Gasteiger partial charge in [0.25, 0.3) is 0 Å². The van der Waals surface area contributed by atoms with Crippen LogP contribution in [0.25, 0.3) is 32.4 Å². The second-order valence-electron chi connectivity index (χ2n) is 7.24. The number of carbonyl (C=O) groups is 1. The smallest absolute Gasteiger partial charge is 0.240 e. The summed E-state index contributed by atoms with van der Waals surface area (Å²) in [6, 6.07) is 24.8. The van der Waals surface area contributed by atoms with Crippen molar-refractivity contribution in [2.75, 3.05) is 0 Å². The number of hydrogen-bond acceptors (Lipinski definition) is 4. The Bertz CT molecular complexity index is 1390. The van der Waals surface area contributed by atoms with Gasteiger partial charge >= 0.3 is 0 Å². The van der Waals surface area contributed by atoms with Gasteiger partial charge in [0.05, 0.1) is 23.3 Å². The molecule has 6 heteroatoms. The molecule has 1 amide bonds. The lowest BCUT2D eigenvalue weighted by Crippen LogP contribution is -2.28. The highest BCUT2D eigenvalue weighted by molar-refractivity contribution is 7.13. The molecule has 152 valence electrons. The largest absolute Gasteiger partial charge is 0.349 e. The molecule has 0 aliphatic carbocycles. The van der Waals surface area contributed by atoms with E-state index in [2.05, 4.69) is 10.3 Å². The number of carbonyl (C=O) groups excluding carboxylic acids is 1. The van der Waals surface area contributed by atoms with Gasteiger partial charge in [-0.2, -0.15) is 0 Å². The Morgan fingerprint density at radius 3 is 2.16 bits per heavy atom. The summed E-state index contributed by atoms with van der Waals surface area (Å²) in [5.74, 6) is -0.131. The number of pyridine rings is 1. The van der Waals surface area contributed by atoms with E-state index >= 15 is 0 Å². The summed E-state index contributed by atoms with van der Waals surface area (Å²) in [4.78, 5) is 30.3. The molecule has 0 aliphatic heterocycles. The number of para-hydroxylation sites is 2. The lowest BCUT2D eigenvalue weighted by atomic mass is 10.1. The van der Waals surface area contributed by atoms with Crippen molar-refractivity contribution < 1.29 is 4.79 Å². The minimum atomic E-state index is -0.131. The second kappa shape index (κ2) is 8.16. The number of benzene rings is 3. The third-order valence-corrected chi connectivity index (χ3v) is 6.16. The maximum absolute atomic E-state index is 12.8. The zero-order valence-corrected chi connectivity index (χ0v) is 17.4. The summed E-state index contributed by atoms with van der Waals surface area (Å²) < 4.78 is 1.90. The molecule has 0 bridgehead atoms. The van der Waals surface area contributed by atoms with Gasteiger partial charge in [0.1, 0.15) is 11.6 Å². The predicted octanol–water partition coefficient (Wildman–Crippen LogP) is 4.59. The lowest BCUT2D eigenvalue weighted by molar-refractivity contribution is -0.121. The van der Waals surface area contributed by atoms with Crippen molar-refractivity contribution in [1.29, 1.82) is 0 Å². The summed E-state index contributed by atoms with van der Waals surface area (Å²) in [5, 5.41) is 7.08. The van der Waals surface area contributed by atoms with E-state index in [-0.39, 0.29) is 17.9 Å². The average Bonchev–Trinajstić information content (AvgIpc) is 3.30. The maximum Gasteiger partial charge on any atom is 0.240 e. The van der Waals surface area contributed by atoms with Crippen molar-refractivity contribution in [2.24, 2.45) is 0 Å². The van der Waals surface area contributed by atoms with E-state index in [1.165, 1.54) is 0 Å². The fourth-order valence-corrected chi connectivity index (χ4v) is 4.56. The molecule has 5 nitrogen and oxygen atoms in total. The molecule has 0 saturated carbocycles. The molecule has 0 unspecified atom stereocenters. The van der Waals surface area contributed by atoms with E-state index in [1.54, 1.807) is 23.5 Å². The van der Waals surface area contributed by atoms with Crippen molar-refractivity contribution in [3.63, 3.8) is 0 Å². The first-order valence-corrected chi connectivity index (χ1v) is 10.9. The quantitative estimate of drug-likeness (QED) is 0.419. The van der Waals surface area contributed by atoms with Gasteiger partial charge < -0.3 is 9.88 Å². The van der Waals surface area contributed by atoms with E-state index in [1.807, 2.05) is 76.7 Å². The minimum Gasteiger partial charge on any atom is -0.349 e. The second-order valence-corrected chi connectivity index (χ2v) is 8.09. The number of nitrogens with zero attached hydrogens (tertiary/aromatic N) is 2. The normalized spacial score (nSPS) is 11.1. The van der Waals surface area contributed by atoms with Crippen molar-refractivity contribution in [1.82, 2.24) is 14.9 Å². The Morgan fingerprint density at radius 2 is 1.48 bits per heavy atom. The van der Waals surface area contributed by atoms with Crippen LogP contribution in [-0.2, 0) is 17.9 Å². The number of rotatable bonds is 5. The van der Waals surface area contributed by atoms with Crippen LogP contribution in [0, 0.1) is 0 Å². The van der Waals surface area contributed by atoms with Crippen LogP contribution in [0.3, 0.4) is 0 Å². The molecule has 2 heterocycles. The van der Waals surface area contributed by atoms with Crippen LogP contribution in [-0.4, -0.2) is 15.5 Å². The number of hydrogen-bond donors (Lipinski definition) is 1. The topological polar surface area (TPSA) is 64.0 Å². The first-order chi connectivity index (χ1) is 15.2. The molecule has 2 aromatic heterocycles. The van der Waals surface area contributed by atoms with Gasteiger partial charge in [-0.1, -0.05) is 54.6 Å². The molecule has 3 aromatic carbocycles. The number of thiazole rings is 1. The molecule has 0 spiro atoms. The van der Waals surface area contributed by atoms with Crippen LogP contribution >= 0.6 is 11.3 Å². The van der Waals surface area contributed by atoms with Gasteiger partial charge in [-0.05, 0) is 24.3 Å². The Morgan fingerprint density at radius 1 is 0.871 bits per heavy atom. The maximum atomic E-state index is 12.8. The zero-order valence-electron chi connectivity index (χ0n) is 16.6. The van der Waals surface area contributed by atoms with Crippen LogP contribution in [0.4, 0.5) is 0 Å². The summed E-state index contributed by atoms with van der Waals surface area (Å²) in [6.07, 6.45) is 0. The lowest BCUT2D eigenvalue weighted by Gasteiger charge is -2.14. The molecule has 5 rings (SSSR count). The van der Waals surface area contributed by atoms with E-state index in [4.69, 9.17) is 0 Å². The van der Waals surface area contributed by atoms with Crippen LogP contribution in [0.15, 0.2) is 89.0 Å². The van der Waals surface area contributed by atoms with Crippen LogP contribution in [0.2, 0.25) is 0 Å². The van der Waals surface area contributed by atoms with E-state index in [9.17, 15) is 9.59 Å². The SMILES string of the molecule is O=C(Cn1c2ccccc2c(=O)c2ccccc21)NCc1csc(-c2ccccc2)n1. The van der Waals surface area contributed by atoms with Gasteiger partial charge in [-0.25, -0.2) is 4.98 Å². The van der Waals surface area contributed by atoms with Gasteiger partial charge in [0.15, 0.2) is 5.43 Å². The van der Waals surface area contributed by atoms with Gasteiger partial charge in [0.2, 0.25) is 5.91 Å². The summed E-state index contributed by atoms with van der Waals surface area (Å²) >= 11 is 1.56. The number of nitrogens with one attached hydrogen (secondary N) is 1. The number of fused-ring (bicyclic) bond motifs is 2. The van der Waals surface area contributed by atoms with Gasteiger partial charge in [-0.3, -0.25) is 9.59 Å². The Kier molecular flexibility index (Phi) is 5.06. The Balaban J connectivity index is 1.39. The van der Waals surface area contributed by atoms with Gasteiger partial charge in [-0.15, -0.1) is 11.3 Å². The highest BCUT2D eigenvalue weighted by Gasteiger charge is 2.13. The monoisotopic (exact) mass is 425 g/mol. The molecular formula is C25H19N3O2S. The first-order valence-electron chi connectivity index (χ1n) is 9.97. The van der Waals surface area contributed by atoms with Crippen molar-refractivity contribution in [3.05, 3.63) is 100 Å². The molecular weight excluding hydrogens is 406 g/mol. The molecule has 0 saturated heterocycles. The first kappa shape index (κ1) is 19.2. The van der Waals surface area contributed by atoms with Crippen LogP contribution in [0.5, 0.6) is 0 Å². The molecule has 0 radical (unpaired) electrons. The highest BCUT2D eigenvalue weighted by Crippen LogP contribution is 2.23. The molecule has 1 N–H and O–H groups in total. The highest BCUT2D eigenvalue weighted by atomic mass is 32.1. The van der Waals surface area contributed by atoms with Crippen molar-refractivity contribution in [2.45, 2.75) is 13.1 Å². The summed E-state index contributed by atoms with van der Waals surface area (Å²) in [5.41, 5.74) is 3.38. The fourth-order valence-electron chi connectivity index (χ4n) is 3.74. The average molecular weight is 426 g/mol. The van der Waals surface area contributed by atoms with Crippen LogP contribution < -0.4 is 10.7 Å². The standard InChI is InChI=1S/C25H19N3O2S/c29-23(26-14-18-16-31-25(27-18)17-8-2-1-3-9-17)15-28-21-12-6-4-10-19(21)24(30)20-11-5-7-13-22(20)28/h1-13,16H,14-15H2,(H,26,29). The number of aromatic nitrogens is 2. The van der Waals surface area contributed by atoms with Crippen LogP contribution in [0.1, 0.15) is 5.69 Å². The Labute approximate surface area is 182 Å².